The lowest BCUT2D eigenvalue weighted by atomic mass is 9.67. The van der Waals surface area contributed by atoms with Crippen LogP contribution < -0.4 is 4.74 Å². The Labute approximate surface area is 143 Å². The van der Waals surface area contributed by atoms with Crippen LogP contribution in [0.25, 0.3) is 0 Å². The second-order valence-electron chi connectivity index (χ2n) is 5.84. The van der Waals surface area contributed by atoms with E-state index >= 15 is 0 Å². The van der Waals surface area contributed by atoms with Gasteiger partial charge in [-0.25, -0.2) is 0 Å². The van der Waals surface area contributed by atoms with Crippen molar-refractivity contribution < 1.29 is 9.84 Å². The van der Waals surface area contributed by atoms with E-state index in [1.165, 1.54) is 11.1 Å². The van der Waals surface area contributed by atoms with E-state index in [1.807, 2.05) is 48.5 Å². The maximum atomic E-state index is 9.86. The lowest BCUT2D eigenvalue weighted by molar-refractivity contribution is 0.265. The predicted octanol–water partition coefficient (Wildman–Crippen LogP) is 4.41. The fourth-order valence-corrected chi connectivity index (χ4v) is 3.42. The van der Waals surface area contributed by atoms with Crippen molar-refractivity contribution in [2.24, 2.45) is 0 Å². The molecule has 0 aromatic heterocycles. The molecule has 122 valence electrons. The van der Waals surface area contributed by atoms with Crippen LogP contribution >= 0.6 is 0 Å². The van der Waals surface area contributed by atoms with Gasteiger partial charge in [0.05, 0.1) is 7.11 Å². The number of hydrogen-bond acceptors (Lipinski definition) is 2. The van der Waals surface area contributed by atoms with Crippen LogP contribution in [0.5, 0.6) is 5.75 Å². The molecule has 0 aliphatic heterocycles. The Bertz CT molecular complexity index is 709. The van der Waals surface area contributed by atoms with E-state index in [2.05, 4.69) is 36.4 Å². The van der Waals surface area contributed by atoms with Gasteiger partial charge in [-0.1, -0.05) is 72.8 Å². The molecule has 1 N–H and O–H groups in total. The van der Waals surface area contributed by atoms with Crippen molar-refractivity contribution in [2.45, 2.75) is 11.8 Å². The summed E-state index contributed by atoms with van der Waals surface area (Å²) < 4.78 is 5.30. The first-order chi connectivity index (χ1) is 11.8. The molecule has 0 radical (unpaired) electrons. The second kappa shape index (κ2) is 7.33. The zero-order chi connectivity index (χ0) is 16.8. The average Bonchev–Trinajstić information content (AvgIpc) is 2.68. The van der Waals surface area contributed by atoms with E-state index in [0.29, 0.717) is 6.42 Å². The number of ether oxygens (including phenoxy) is 1. The molecule has 2 heteroatoms. The van der Waals surface area contributed by atoms with Crippen molar-refractivity contribution >= 4 is 0 Å². The normalized spacial score (nSPS) is 11.2. The molecule has 3 aromatic carbocycles. The third kappa shape index (κ3) is 2.93. The Balaban J connectivity index is 2.25. The van der Waals surface area contributed by atoms with Gasteiger partial charge in [-0.2, -0.15) is 0 Å². The number of rotatable bonds is 6. The Morgan fingerprint density at radius 2 is 1.17 bits per heavy atom. The van der Waals surface area contributed by atoms with Gasteiger partial charge in [0.2, 0.25) is 0 Å². The Kier molecular flexibility index (Phi) is 4.97. The Morgan fingerprint density at radius 1 is 0.708 bits per heavy atom. The van der Waals surface area contributed by atoms with Crippen LogP contribution in [-0.2, 0) is 5.41 Å². The highest BCUT2D eigenvalue weighted by molar-refractivity contribution is 5.51. The molecule has 2 nitrogen and oxygen atoms in total. The molecule has 3 aromatic rings. The van der Waals surface area contributed by atoms with E-state index in [4.69, 9.17) is 4.74 Å². The smallest absolute Gasteiger partial charge is 0.118 e. The van der Waals surface area contributed by atoms with Crippen molar-refractivity contribution in [3.8, 4) is 5.75 Å². The number of benzene rings is 3. The Hall–Kier alpha value is -2.58. The summed E-state index contributed by atoms with van der Waals surface area (Å²) in [5, 5.41) is 9.86. The van der Waals surface area contributed by atoms with Crippen LogP contribution in [0.3, 0.4) is 0 Å². The summed E-state index contributed by atoms with van der Waals surface area (Å²) in [6, 6.07) is 28.9. The van der Waals surface area contributed by atoms with Crippen LogP contribution in [0.15, 0.2) is 84.9 Å². The molecule has 0 amide bonds. The Morgan fingerprint density at radius 3 is 1.58 bits per heavy atom. The first-order valence-corrected chi connectivity index (χ1v) is 8.17. The molecule has 0 atom stereocenters. The maximum Gasteiger partial charge on any atom is 0.118 e. The first kappa shape index (κ1) is 16.3. The minimum absolute atomic E-state index is 0.107. The predicted molar refractivity (Wildman–Crippen MR) is 97.5 cm³/mol. The van der Waals surface area contributed by atoms with Crippen LogP contribution in [0.2, 0.25) is 0 Å². The summed E-state index contributed by atoms with van der Waals surface area (Å²) in [7, 11) is 1.67. The minimum Gasteiger partial charge on any atom is -0.497 e. The molecule has 3 rings (SSSR count). The molecular weight excluding hydrogens is 296 g/mol. The highest BCUT2D eigenvalue weighted by Crippen LogP contribution is 2.42. The van der Waals surface area contributed by atoms with Gasteiger partial charge in [0.1, 0.15) is 5.75 Å². The van der Waals surface area contributed by atoms with E-state index in [0.717, 1.165) is 11.3 Å². The highest BCUT2D eigenvalue weighted by atomic mass is 16.5. The summed E-state index contributed by atoms with van der Waals surface area (Å²) in [5.74, 6) is 0.831. The average molecular weight is 318 g/mol. The lowest BCUT2D eigenvalue weighted by Gasteiger charge is -2.35. The van der Waals surface area contributed by atoms with Crippen molar-refractivity contribution in [1.29, 1.82) is 0 Å². The summed E-state index contributed by atoms with van der Waals surface area (Å²) in [5.41, 5.74) is 3.12. The minimum atomic E-state index is -0.385. The molecular formula is C22H22O2. The SMILES string of the molecule is COc1ccc(C(CCO)(c2ccccc2)c2ccccc2)cc1. The van der Waals surface area contributed by atoms with Crippen molar-refractivity contribution in [3.63, 3.8) is 0 Å². The molecule has 0 unspecified atom stereocenters. The van der Waals surface area contributed by atoms with Crippen molar-refractivity contribution in [1.82, 2.24) is 0 Å². The van der Waals surface area contributed by atoms with Gasteiger partial charge in [-0.3, -0.25) is 0 Å². The molecule has 0 saturated heterocycles. The highest BCUT2D eigenvalue weighted by Gasteiger charge is 2.35. The standard InChI is InChI=1S/C22H22O2/c1-24-21-14-12-20(13-15-21)22(16-17-23,18-8-4-2-5-9-18)19-10-6-3-7-11-19/h2-15,23H,16-17H2,1H3. The molecule has 0 aliphatic carbocycles. The van der Waals surface area contributed by atoms with Gasteiger partial charge in [0.15, 0.2) is 0 Å². The number of aliphatic hydroxyl groups is 1. The van der Waals surface area contributed by atoms with Gasteiger partial charge in [0.25, 0.3) is 0 Å². The monoisotopic (exact) mass is 318 g/mol. The summed E-state index contributed by atoms with van der Waals surface area (Å²) in [4.78, 5) is 0. The van der Waals surface area contributed by atoms with E-state index in [9.17, 15) is 5.11 Å². The van der Waals surface area contributed by atoms with Crippen LogP contribution in [0, 0.1) is 0 Å². The van der Waals surface area contributed by atoms with Crippen LogP contribution in [0.1, 0.15) is 23.1 Å². The van der Waals surface area contributed by atoms with Crippen molar-refractivity contribution in [2.75, 3.05) is 13.7 Å². The second-order valence-corrected chi connectivity index (χ2v) is 5.84. The van der Waals surface area contributed by atoms with E-state index < -0.39 is 0 Å². The van der Waals surface area contributed by atoms with Gasteiger partial charge in [-0.05, 0) is 35.2 Å². The molecule has 0 spiro atoms. The van der Waals surface area contributed by atoms with Gasteiger partial charge in [0, 0.05) is 12.0 Å². The summed E-state index contributed by atoms with van der Waals surface area (Å²) >= 11 is 0. The van der Waals surface area contributed by atoms with Crippen molar-refractivity contribution in [3.05, 3.63) is 102 Å². The van der Waals surface area contributed by atoms with E-state index in [-0.39, 0.29) is 12.0 Å². The number of aliphatic hydroxyl groups excluding tert-OH is 1. The number of methoxy groups -OCH3 is 1. The quantitative estimate of drug-likeness (QED) is 0.682. The summed E-state index contributed by atoms with van der Waals surface area (Å²) in [6.07, 6.45) is 0.618. The van der Waals surface area contributed by atoms with Gasteiger partial charge < -0.3 is 9.84 Å². The third-order valence-corrected chi connectivity index (χ3v) is 4.60. The fraction of sp³-hybridized carbons (Fsp3) is 0.182. The topological polar surface area (TPSA) is 29.5 Å². The lowest BCUT2D eigenvalue weighted by Crippen LogP contribution is -2.30. The molecule has 0 aliphatic rings. The van der Waals surface area contributed by atoms with Crippen LogP contribution in [0.4, 0.5) is 0 Å². The van der Waals surface area contributed by atoms with Crippen LogP contribution in [-0.4, -0.2) is 18.8 Å². The van der Waals surface area contributed by atoms with Gasteiger partial charge in [-0.15, -0.1) is 0 Å². The van der Waals surface area contributed by atoms with E-state index in [1.54, 1.807) is 7.11 Å². The maximum absolute atomic E-state index is 9.86. The fourth-order valence-electron chi connectivity index (χ4n) is 3.42. The molecule has 24 heavy (non-hydrogen) atoms. The molecule has 0 heterocycles. The first-order valence-electron chi connectivity index (χ1n) is 8.17. The molecule has 0 bridgehead atoms. The molecule has 0 saturated carbocycles. The largest absolute Gasteiger partial charge is 0.497 e. The molecule has 0 fully saturated rings. The zero-order valence-corrected chi connectivity index (χ0v) is 13.9. The summed E-state index contributed by atoms with van der Waals surface area (Å²) in [6.45, 7) is 0.107. The third-order valence-electron chi connectivity index (χ3n) is 4.60. The van der Waals surface area contributed by atoms with Gasteiger partial charge >= 0.3 is 0 Å². The number of hydrogen-bond donors (Lipinski definition) is 1. The zero-order valence-electron chi connectivity index (χ0n) is 13.9.